The zero-order valence-corrected chi connectivity index (χ0v) is 13.6. The molecule has 0 atom stereocenters. The number of para-hydroxylation sites is 1. The third kappa shape index (κ3) is 2.91. The van der Waals surface area contributed by atoms with Gasteiger partial charge in [0.05, 0.1) is 0 Å². The van der Waals surface area contributed by atoms with Crippen LogP contribution < -0.4 is 15.1 Å². The molecular formula is C18H21N5O. The lowest BCUT2D eigenvalue weighted by atomic mass is 10.1. The molecule has 0 aliphatic carbocycles. The van der Waals surface area contributed by atoms with E-state index in [2.05, 4.69) is 26.3 Å². The van der Waals surface area contributed by atoms with Gasteiger partial charge in [-0.3, -0.25) is 4.90 Å². The van der Waals surface area contributed by atoms with Gasteiger partial charge in [0.1, 0.15) is 0 Å². The Morgan fingerprint density at radius 3 is 2.58 bits per heavy atom. The Bertz CT molecular complexity index is 712. The molecule has 1 aromatic heterocycles. The first-order valence-electron chi connectivity index (χ1n) is 8.49. The standard InChI is InChI=1S/C18H21N5O/c24-18(23-13-6-14-4-1-2-5-16(14)23)21-15-7-11-22(12-8-15)17-19-9-3-10-20-17/h1-5,9-10,15H,6-8,11-13H2,(H,21,24). The number of hydrogen-bond donors (Lipinski definition) is 1. The predicted octanol–water partition coefficient (Wildman–Crippen LogP) is 2.22. The Balaban J connectivity index is 1.34. The Kier molecular flexibility index (Phi) is 4.02. The highest BCUT2D eigenvalue weighted by molar-refractivity contribution is 5.94. The van der Waals surface area contributed by atoms with Gasteiger partial charge in [-0.25, -0.2) is 14.8 Å². The predicted molar refractivity (Wildman–Crippen MR) is 93.3 cm³/mol. The quantitative estimate of drug-likeness (QED) is 0.920. The minimum atomic E-state index is 0.0226. The van der Waals surface area contributed by atoms with E-state index in [-0.39, 0.29) is 12.1 Å². The van der Waals surface area contributed by atoms with Crippen molar-refractivity contribution in [2.75, 3.05) is 29.4 Å². The molecule has 0 saturated carbocycles. The van der Waals surface area contributed by atoms with Crippen LogP contribution in [0.2, 0.25) is 0 Å². The lowest BCUT2D eigenvalue weighted by molar-refractivity contribution is 0.240. The van der Waals surface area contributed by atoms with E-state index in [1.54, 1.807) is 12.4 Å². The van der Waals surface area contributed by atoms with Crippen molar-refractivity contribution in [3.8, 4) is 0 Å². The number of piperidine rings is 1. The molecule has 6 heteroatoms. The van der Waals surface area contributed by atoms with E-state index in [1.807, 2.05) is 29.2 Å². The minimum Gasteiger partial charge on any atom is -0.341 e. The molecule has 3 heterocycles. The second kappa shape index (κ2) is 6.47. The highest BCUT2D eigenvalue weighted by Gasteiger charge is 2.27. The molecule has 2 amide bonds. The van der Waals surface area contributed by atoms with Gasteiger partial charge in [-0.15, -0.1) is 0 Å². The van der Waals surface area contributed by atoms with Crippen LogP contribution in [-0.2, 0) is 6.42 Å². The van der Waals surface area contributed by atoms with Crippen LogP contribution >= 0.6 is 0 Å². The van der Waals surface area contributed by atoms with Gasteiger partial charge in [0.25, 0.3) is 0 Å². The van der Waals surface area contributed by atoms with Gasteiger partial charge in [-0.1, -0.05) is 18.2 Å². The molecule has 6 nitrogen and oxygen atoms in total. The average Bonchev–Trinajstić information content (AvgIpc) is 3.07. The number of benzene rings is 1. The van der Waals surface area contributed by atoms with Gasteiger partial charge in [-0.2, -0.15) is 0 Å². The van der Waals surface area contributed by atoms with Gasteiger partial charge in [-0.05, 0) is 37.0 Å². The fourth-order valence-electron chi connectivity index (χ4n) is 3.48. The number of carbonyl (C=O) groups excluding carboxylic acids is 1. The van der Waals surface area contributed by atoms with Gasteiger partial charge < -0.3 is 10.2 Å². The third-order valence-electron chi connectivity index (χ3n) is 4.79. The molecule has 0 spiro atoms. The van der Waals surface area contributed by atoms with E-state index in [4.69, 9.17) is 0 Å². The maximum atomic E-state index is 12.6. The van der Waals surface area contributed by atoms with Crippen molar-refractivity contribution in [3.05, 3.63) is 48.3 Å². The summed E-state index contributed by atoms with van der Waals surface area (Å²) in [6.07, 6.45) is 6.30. The van der Waals surface area contributed by atoms with Crippen LogP contribution in [0.5, 0.6) is 0 Å². The fraction of sp³-hybridized carbons (Fsp3) is 0.389. The summed E-state index contributed by atoms with van der Waals surface area (Å²) < 4.78 is 0. The second-order valence-electron chi connectivity index (χ2n) is 6.29. The summed E-state index contributed by atoms with van der Waals surface area (Å²) in [6, 6.07) is 10.2. The summed E-state index contributed by atoms with van der Waals surface area (Å²) in [6.45, 7) is 2.50. The summed E-state index contributed by atoms with van der Waals surface area (Å²) >= 11 is 0. The van der Waals surface area contributed by atoms with Crippen molar-refractivity contribution < 1.29 is 4.79 Å². The molecule has 2 aliphatic heterocycles. The van der Waals surface area contributed by atoms with Gasteiger partial charge in [0, 0.05) is 43.8 Å². The molecule has 24 heavy (non-hydrogen) atoms. The van der Waals surface area contributed by atoms with Gasteiger partial charge in [0.15, 0.2) is 0 Å². The first-order chi connectivity index (χ1) is 11.8. The van der Waals surface area contributed by atoms with E-state index in [9.17, 15) is 4.79 Å². The van der Waals surface area contributed by atoms with E-state index >= 15 is 0 Å². The number of hydrogen-bond acceptors (Lipinski definition) is 4. The molecule has 0 unspecified atom stereocenters. The van der Waals surface area contributed by atoms with Crippen LogP contribution in [0, 0.1) is 0 Å². The number of aromatic nitrogens is 2. The fourth-order valence-corrected chi connectivity index (χ4v) is 3.48. The zero-order chi connectivity index (χ0) is 16.4. The van der Waals surface area contributed by atoms with E-state index in [1.165, 1.54) is 5.56 Å². The highest BCUT2D eigenvalue weighted by Crippen LogP contribution is 2.27. The third-order valence-corrected chi connectivity index (χ3v) is 4.79. The van der Waals surface area contributed by atoms with Crippen LogP contribution in [0.25, 0.3) is 0 Å². The Labute approximate surface area is 141 Å². The maximum absolute atomic E-state index is 12.6. The molecular weight excluding hydrogens is 302 g/mol. The smallest absolute Gasteiger partial charge is 0.322 e. The molecule has 0 bridgehead atoms. The van der Waals surface area contributed by atoms with Gasteiger partial charge in [0.2, 0.25) is 5.95 Å². The summed E-state index contributed by atoms with van der Waals surface area (Å²) in [5, 5.41) is 3.19. The first-order valence-corrected chi connectivity index (χ1v) is 8.49. The Hall–Kier alpha value is -2.63. The lowest BCUT2D eigenvalue weighted by Gasteiger charge is -2.33. The SMILES string of the molecule is O=C(NC1CCN(c2ncccn2)CC1)N1CCc2ccccc21. The number of nitrogens with one attached hydrogen (secondary N) is 1. The van der Waals surface area contributed by atoms with Crippen molar-refractivity contribution in [1.82, 2.24) is 15.3 Å². The van der Waals surface area contributed by atoms with E-state index < -0.39 is 0 Å². The minimum absolute atomic E-state index is 0.0226. The first kappa shape index (κ1) is 14.9. The summed E-state index contributed by atoms with van der Waals surface area (Å²) in [5.41, 5.74) is 2.30. The van der Waals surface area contributed by atoms with Gasteiger partial charge >= 0.3 is 6.03 Å². The molecule has 1 N–H and O–H groups in total. The molecule has 2 aromatic rings. The average molecular weight is 323 g/mol. The van der Waals surface area contributed by atoms with Crippen molar-refractivity contribution >= 4 is 17.7 Å². The molecule has 4 rings (SSSR count). The van der Waals surface area contributed by atoms with Crippen molar-refractivity contribution in [2.45, 2.75) is 25.3 Å². The maximum Gasteiger partial charge on any atom is 0.322 e. The summed E-state index contributed by atoms with van der Waals surface area (Å²) in [4.78, 5) is 25.2. The monoisotopic (exact) mass is 323 g/mol. The Morgan fingerprint density at radius 1 is 1.04 bits per heavy atom. The van der Waals surface area contributed by atoms with Crippen LogP contribution in [0.4, 0.5) is 16.4 Å². The number of urea groups is 1. The van der Waals surface area contributed by atoms with Crippen molar-refractivity contribution in [3.63, 3.8) is 0 Å². The van der Waals surface area contributed by atoms with Crippen LogP contribution in [0.3, 0.4) is 0 Å². The van der Waals surface area contributed by atoms with Crippen LogP contribution in [0.15, 0.2) is 42.7 Å². The summed E-state index contributed by atoms with van der Waals surface area (Å²) in [5.74, 6) is 0.774. The van der Waals surface area contributed by atoms with Crippen molar-refractivity contribution in [2.24, 2.45) is 0 Å². The number of anilines is 2. The van der Waals surface area contributed by atoms with E-state index in [0.717, 1.165) is 50.5 Å². The van der Waals surface area contributed by atoms with E-state index in [0.29, 0.717) is 0 Å². The van der Waals surface area contributed by atoms with Crippen LogP contribution in [-0.4, -0.2) is 41.7 Å². The second-order valence-corrected chi connectivity index (χ2v) is 6.29. The lowest BCUT2D eigenvalue weighted by Crippen LogP contribution is -2.49. The molecule has 124 valence electrons. The zero-order valence-electron chi connectivity index (χ0n) is 13.6. The number of nitrogens with zero attached hydrogens (tertiary/aromatic N) is 4. The Morgan fingerprint density at radius 2 is 1.79 bits per heavy atom. The molecule has 1 aromatic carbocycles. The molecule has 0 radical (unpaired) electrons. The molecule has 2 aliphatic rings. The van der Waals surface area contributed by atoms with Crippen molar-refractivity contribution in [1.29, 1.82) is 0 Å². The normalized spacial score (nSPS) is 17.7. The molecule has 1 fully saturated rings. The number of fused-ring (bicyclic) bond motifs is 1. The summed E-state index contributed by atoms with van der Waals surface area (Å²) in [7, 11) is 0. The van der Waals surface area contributed by atoms with Crippen LogP contribution in [0.1, 0.15) is 18.4 Å². The number of rotatable bonds is 2. The highest BCUT2D eigenvalue weighted by atomic mass is 16.2. The largest absolute Gasteiger partial charge is 0.341 e. The number of carbonyl (C=O) groups is 1. The molecule has 1 saturated heterocycles. The number of amides is 2. The topological polar surface area (TPSA) is 61.4 Å².